The molecule has 0 aliphatic carbocycles. The van der Waals surface area contributed by atoms with Gasteiger partial charge in [-0.2, -0.15) is 0 Å². The van der Waals surface area contributed by atoms with E-state index in [1.54, 1.807) is 0 Å². The van der Waals surface area contributed by atoms with Crippen molar-refractivity contribution in [1.29, 1.82) is 0 Å². The van der Waals surface area contributed by atoms with Crippen LogP contribution in [0.25, 0.3) is 0 Å². The Kier molecular flexibility index (Phi) is 7.20. The van der Waals surface area contributed by atoms with E-state index in [0.29, 0.717) is 6.04 Å². The monoisotopic (exact) mass is 310 g/mol. The summed E-state index contributed by atoms with van der Waals surface area (Å²) in [7, 11) is 0. The molecule has 0 saturated carbocycles. The van der Waals surface area contributed by atoms with Gasteiger partial charge in [0.1, 0.15) is 0 Å². The molecule has 0 bridgehead atoms. The molecule has 1 fully saturated rings. The number of benzene rings is 1. The highest BCUT2D eigenvalue weighted by molar-refractivity contribution is 5.85. The Morgan fingerprint density at radius 2 is 2.05 bits per heavy atom. The predicted molar refractivity (Wildman–Crippen MR) is 89.8 cm³/mol. The second-order valence-corrected chi connectivity index (χ2v) is 5.90. The van der Waals surface area contributed by atoms with E-state index in [9.17, 15) is 4.79 Å². The fourth-order valence-electron chi connectivity index (χ4n) is 2.83. The van der Waals surface area contributed by atoms with Crippen molar-refractivity contribution in [3.63, 3.8) is 0 Å². The number of carbonyl (C=O) groups excluding carboxylic acids is 1. The smallest absolute Gasteiger partial charge is 0.223 e. The zero-order valence-electron chi connectivity index (χ0n) is 13.2. The molecule has 1 saturated heterocycles. The molecular weight excluding hydrogens is 284 g/mol. The molecule has 1 aromatic carbocycles. The van der Waals surface area contributed by atoms with Gasteiger partial charge >= 0.3 is 0 Å². The number of piperidine rings is 1. The van der Waals surface area contributed by atoms with E-state index >= 15 is 0 Å². The summed E-state index contributed by atoms with van der Waals surface area (Å²) < 4.78 is 0. The fourth-order valence-corrected chi connectivity index (χ4v) is 2.83. The number of halogens is 1. The van der Waals surface area contributed by atoms with Crippen LogP contribution in [0.5, 0.6) is 0 Å². The average molecular weight is 311 g/mol. The number of aryl methyl sites for hydroxylation is 1. The summed E-state index contributed by atoms with van der Waals surface area (Å²) in [6.07, 6.45) is 2.93. The van der Waals surface area contributed by atoms with Gasteiger partial charge in [0.05, 0.1) is 6.04 Å². The average Bonchev–Trinajstić information content (AvgIpc) is 2.47. The van der Waals surface area contributed by atoms with Crippen LogP contribution in [0.2, 0.25) is 0 Å². The lowest BCUT2D eigenvalue weighted by molar-refractivity contribution is -0.126. The molecule has 21 heavy (non-hydrogen) atoms. The molecule has 2 N–H and O–H groups in total. The van der Waals surface area contributed by atoms with E-state index in [0.717, 1.165) is 25.8 Å². The fraction of sp³-hybridized carbons (Fsp3) is 0.588. The first-order valence-corrected chi connectivity index (χ1v) is 7.72. The zero-order chi connectivity index (χ0) is 14.5. The highest BCUT2D eigenvalue weighted by atomic mass is 35.5. The van der Waals surface area contributed by atoms with Crippen LogP contribution in [-0.2, 0) is 11.2 Å². The molecule has 1 aliphatic heterocycles. The van der Waals surface area contributed by atoms with E-state index in [1.807, 2.05) is 0 Å². The third kappa shape index (κ3) is 5.01. The quantitative estimate of drug-likeness (QED) is 0.896. The first kappa shape index (κ1) is 18.0. The standard InChI is InChI=1S/C17H26N2O.ClH/c1-4-14-5-7-15(8-6-14)13(3)19-17(20)16-9-10-18-12(2)11-16;/h5-8,12-13,16,18H,4,9-11H2,1-3H3,(H,19,20);1H/t12-,13?,16-;/m0./s1. The van der Waals surface area contributed by atoms with Crippen molar-refractivity contribution in [2.24, 2.45) is 5.92 Å². The van der Waals surface area contributed by atoms with Gasteiger partial charge in [-0.05, 0) is 50.8 Å². The number of rotatable bonds is 4. The van der Waals surface area contributed by atoms with Crippen LogP contribution in [0.3, 0.4) is 0 Å². The Balaban J connectivity index is 0.00000220. The Hall–Kier alpha value is -1.06. The molecule has 0 aromatic heterocycles. The summed E-state index contributed by atoms with van der Waals surface area (Å²) in [6, 6.07) is 9.05. The number of hydrogen-bond acceptors (Lipinski definition) is 2. The molecular formula is C17H27ClN2O. The van der Waals surface area contributed by atoms with Crippen LogP contribution in [0, 0.1) is 5.92 Å². The minimum Gasteiger partial charge on any atom is -0.349 e. The van der Waals surface area contributed by atoms with E-state index in [1.165, 1.54) is 11.1 Å². The maximum atomic E-state index is 12.3. The predicted octanol–water partition coefficient (Wildman–Crippen LogP) is 3.24. The van der Waals surface area contributed by atoms with Gasteiger partial charge < -0.3 is 10.6 Å². The molecule has 1 amide bonds. The lowest BCUT2D eigenvalue weighted by atomic mass is 9.92. The van der Waals surface area contributed by atoms with Gasteiger partial charge in [0.25, 0.3) is 0 Å². The summed E-state index contributed by atoms with van der Waals surface area (Å²) in [5.41, 5.74) is 2.51. The summed E-state index contributed by atoms with van der Waals surface area (Å²) in [5.74, 6) is 0.356. The molecule has 0 spiro atoms. The third-order valence-electron chi connectivity index (χ3n) is 4.24. The number of hydrogen-bond donors (Lipinski definition) is 2. The molecule has 0 radical (unpaired) electrons. The van der Waals surface area contributed by atoms with Crippen LogP contribution < -0.4 is 10.6 Å². The van der Waals surface area contributed by atoms with Crippen LogP contribution in [-0.4, -0.2) is 18.5 Å². The van der Waals surface area contributed by atoms with Crippen LogP contribution in [0.1, 0.15) is 50.8 Å². The normalized spacial score (nSPS) is 23.0. The first-order chi connectivity index (χ1) is 9.60. The van der Waals surface area contributed by atoms with E-state index in [4.69, 9.17) is 0 Å². The van der Waals surface area contributed by atoms with E-state index < -0.39 is 0 Å². The molecule has 1 unspecified atom stereocenters. The van der Waals surface area contributed by atoms with Gasteiger partial charge in [-0.3, -0.25) is 4.79 Å². The topological polar surface area (TPSA) is 41.1 Å². The Morgan fingerprint density at radius 1 is 1.38 bits per heavy atom. The van der Waals surface area contributed by atoms with Crippen molar-refractivity contribution in [1.82, 2.24) is 10.6 Å². The van der Waals surface area contributed by atoms with Crippen molar-refractivity contribution < 1.29 is 4.79 Å². The van der Waals surface area contributed by atoms with Gasteiger partial charge in [0, 0.05) is 12.0 Å². The summed E-state index contributed by atoms with van der Waals surface area (Å²) in [6.45, 7) is 7.30. The van der Waals surface area contributed by atoms with Gasteiger partial charge in [-0.15, -0.1) is 12.4 Å². The maximum absolute atomic E-state index is 12.3. The molecule has 4 heteroatoms. The van der Waals surface area contributed by atoms with E-state index in [-0.39, 0.29) is 30.3 Å². The second kappa shape index (κ2) is 8.40. The molecule has 1 aromatic rings. The molecule has 118 valence electrons. The third-order valence-corrected chi connectivity index (χ3v) is 4.24. The molecule has 1 aliphatic rings. The molecule has 3 atom stereocenters. The number of carbonyl (C=O) groups is 1. The highest BCUT2D eigenvalue weighted by Crippen LogP contribution is 2.19. The molecule has 3 nitrogen and oxygen atoms in total. The first-order valence-electron chi connectivity index (χ1n) is 7.72. The van der Waals surface area contributed by atoms with E-state index in [2.05, 4.69) is 55.7 Å². The Morgan fingerprint density at radius 3 is 2.62 bits per heavy atom. The van der Waals surface area contributed by atoms with Crippen molar-refractivity contribution in [3.8, 4) is 0 Å². The summed E-state index contributed by atoms with van der Waals surface area (Å²) in [4.78, 5) is 12.3. The summed E-state index contributed by atoms with van der Waals surface area (Å²) >= 11 is 0. The SMILES string of the molecule is CCc1ccc(C(C)NC(=O)[C@H]2CCN[C@@H](C)C2)cc1.Cl. The Bertz CT molecular complexity index is 447. The van der Waals surface area contributed by atoms with Crippen LogP contribution in [0.15, 0.2) is 24.3 Å². The second-order valence-electron chi connectivity index (χ2n) is 5.90. The number of nitrogens with one attached hydrogen (secondary N) is 2. The van der Waals surface area contributed by atoms with Gasteiger partial charge in [0.15, 0.2) is 0 Å². The maximum Gasteiger partial charge on any atom is 0.223 e. The lowest BCUT2D eigenvalue weighted by Crippen LogP contribution is -2.42. The lowest BCUT2D eigenvalue weighted by Gasteiger charge is -2.28. The van der Waals surface area contributed by atoms with Crippen molar-refractivity contribution >= 4 is 18.3 Å². The van der Waals surface area contributed by atoms with Gasteiger partial charge in [0.2, 0.25) is 5.91 Å². The Labute approximate surface area is 134 Å². The largest absolute Gasteiger partial charge is 0.349 e. The van der Waals surface area contributed by atoms with Crippen LogP contribution in [0.4, 0.5) is 0 Å². The summed E-state index contributed by atoms with van der Waals surface area (Å²) in [5, 5.41) is 6.54. The van der Waals surface area contributed by atoms with Gasteiger partial charge in [-0.25, -0.2) is 0 Å². The minimum atomic E-state index is 0. The number of amides is 1. The van der Waals surface area contributed by atoms with Gasteiger partial charge in [-0.1, -0.05) is 31.2 Å². The van der Waals surface area contributed by atoms with Crippen molar-refractivity contribution in [3.05, 3.63) is 35.4 Å². The molecule has 1 heterocycles. The minimum absolute atomic E-state index is 0. The molecule has 2 rings (SSSR count). The zero-order valence-corrected chi connectivity index (χ0v) is 14.0. The van der Waals surface area contributed by atoms with Crippen molar-refractivity contribution in [2.75, 3.05) is 6.54 Å². The highest BCUT2D eigenvalue weighted by Gasteiger charge is 2.25. The van der Waals surface area contributed by atoms with Crippen LogP contribution >= 0.6 is 12.4 Å². The van der Waals surface area contributed by atoms with Crippen molar-refractivity contribution in [2.45, 2.75) is 52.1 Å².